The van der Waals surface area contributed by atoms with Gasteiger partial charge >= 0.3 is 0 Å². The summed E-state index contributed by atoms with van der Waals surface area (Å²) < 4.78 is 0. The van der Waals surface area contributed by atoms with Gasteiger partial charge in [-0.1, -0.05) is 18.2 Å². The van der Waals surface area contributed by atoms with Crippen LogP contribution in [0.3, 0.4) is 0 Å². The SMILES string of the molecule is NCC1C2C(=O)N(c3ccccc3)C(=O)C12. The Bertz CT molecular complexity index is 435. The number of carbonyl (C=O) groups is 2. The molecule has 1 aromatic carbocycles. The van der Waals surface area contributed by atoms with E-state index >= 15 is 0 Å². The molecular formula is C12H12N2O2. The molecule has 4 nitrogen and oxygen atoms in total. The summed E-state index contributed by atoms with van der Waals surface area (Å²) in [6.45, 7) is 0.426. The van der Waals surface area contributed by atoms with Crippen LogP contribution < -0.4 is 10.6 Å². The maximum absolute atomic E-state index is 12.0. The number of hydrogen-bond donors (Lipinski definition) is 1. The third kappa shape index (κ3) is 1.08. The van der Waals surface area contributed by atoms with Crippen LogP contribution in [0.4, 0.5) is 5.69 Å². The third-order valence-electron chi connectivity index (χ3n) is 3.47. The first kappa shape index (κ1) is 9.54. The Morgan fingerprint density at radius 1 is 1.06 bits per heavy atom. The van der Waals surface area contributed by atoms with Crippen molar-refractivity contribution in [2.75, 3.05) is 11.4 Å². The number of imide groups is 1. The second kappa shape index (κ2) is 3.15. The van der Waals surface area contributed by atoms with Gasteiger partial charge in [0.2, 0.25) is 11.8 Å². The molecule has 3 rings (SSSR count). The fourth-order valence-corrected chi connectivity index (χ4v) is 2.58. The zero-order valence-corrected chi connectivity index (χ0v) is 8.67. The molecule has 0 aromatic heterocycles. The molecule has 82 valence electrons. The van der Waals surface area contributed by atoms with E-state index in [0.717, 1.165) is 0 Å². The second-order valence-electron chi connectivity index (χ2n) is 4.30. The highest BCUT2D eigenvalue weighted by Crippen LogP contribution is 2.53. The van der Waals surface area contributed by atoms with Crippen LogP contribution in [-0.2, 0) is 9.59 Å². The molecule has 2 amide bonds. The van der Waals surface area contributed by atoms with E-state index in [1.165, 1.54) is 4.90 Å². The van der Waals surface area contributed by atoms with E-state index in [9.17, 15) is 9.59 Å². The lowest BCUT2D eigenvalue weighted by molar-refractivity contribution is -0.124. The summed E-state index contributed by atoms with van der Waals surface area (Å²) >= 11 is 0. The van der Waals surface area contributed by atoms with E-state index < -0.39 is 0 Å². The third-order valence-corrected chi connectivity index (χ3v) is 3.47. The molecule has 0 radical (unpaired) electrons. The van der Waals surface area contributed by atoms with Gasteiger partial charge in [-0.25, -0.2) is 0 Å². The molecule has 16 heavy (non-hydrogen) atoms. The lowest BCUT2D eigenvalue weighted by Crippen LogP contribution is -2.35. The molecule has 1 aliphatic carbocycles. The van der Waals surface area contributed by atoms with Crippen molar-refractivity contribution in [3.63, 3.8) is 0 Å². The second-order valence-corrected chi connectivity index (χ2v) is 4.30. The molecular weight excluding hydrogens is 204 g/mol. The van der Waals surface area contributed by atoms with E-state index in [2.05, 4.69) is 0 Å². The van der Waals surface area contributed by atoms with Gasteiger partial charge in [-0.2, -0.15) is 0 Å². The van der Waals surface area contributed by atoms with E-state index in [0.29, 0.717) is 12.2 Å². The van der Waals surface area contributed by atoms with Crippen molar-refractivity contribution in [2.45, 2.75) is 0 Å². The summed E-state index contributed by atoms with van der Waals surface area (Å²) in [6.07, 6.45) is 0. The average Bonchev–Trinajstić information content (AvgIpc) is 2.98. The molecule has 4 heteroatoms. The highest BCUT2D eigenvalue weighted by molar-refractivity contribution is 6.25. The first-order chi connectivity index (χ1) is 7.75. The van der Waals surface area contributed by atoms with Gasteiger partial charge in [0.1, 0.15) is 0 Å². The van der Waals surface area contributed by atoms with Crippen LogP contribution in [-0.4, -0.2) is 18.4 Å². The maximum Gasteiger partial charge on any atom is 0.238 e. The molecule has 1 aromatic rings. The van der Waals surface area contributed by atoms with Crippen molar-refractivity contribution >= 4 is 17.5 Å². The number of nitrogens with two attached hydrogens (primary N) is 1. The summed E-state index contributed by atoms with van der Waals surface area (Å²) in [6, 6.07) is 9.05. The normalized spacial score (nSPS) is 31.8. The Morgan fingerprint density at radius 3 is 2.12 bits per heavy atom. The van der Waals surface area contributed by atoms with Gasteiger partial charge in [0.05, 0.1) is 17.5 Å². The predicted octanol–water partition coefficient (Wildman–Crippen LogP) is 0.381. The topological polar surface area (TPSA) is 63.4 Å². The molecule has 2 unspecified atom stereocenters. The molecule has 2 aliphatic rings. The van der Waals surface area contributed by atoms with Gasteiger partial charge in [-0.3, -0.25) is 14.5 Å². The summed E-state index contributed by atoms with van der Waals surface area (Å²) in [7, 11) is 0. The van der Waals surface area contributed by atoms with E-state index in [1.807, 2.05) is 18.2 Å². The molecule has 1 saturated carbocycles. The molecule has 0 bridgehead atoms. The van der Waals surface area contributed by atoms with Crippen molar-refractivity contribution in [2.24, 2.45) is 23.5 Å². The Kier molecular flexibility index (Phi) is 1.88. The number of benzene rings is 1. The number of nitrogens with zero attached hydrogens (tertiary/aromatic N) is 1. The van der Waals surface area contributed by atoms with Crippen LogP contribution in [0.2, 0.25) is 0 Å². The fraction of sp³-hybridized carbons (Fsp3) is 0.333. The number of para-hydroxylation sites is 1. The van der Waals surface area contributed by atoms with E-state index in [1.54, 1.807) is 12.1 Å². The summed E-state index contributed by atoms with van der Waals surface area (Å²) in [5, 5.41) is 0. The summed E-state index contributed by atoms with van der Waals surface area (Å²) in [5.74, 6) is -0.399. The summed E-state index contributed by atoms with van der Waals surface area (Å²) in [5.41, 5.74) is 6.18. The standard InChI is InChI=1S/C12H12N2O2/c13-6-8-9-10(8)12(16)14(11(9)15)7-4-2-1-3-5-7/h1-5,8-10H,6,13H2. The van der Waals surface area contributed by atoms with Crippen molar-refractivity contribution in [3.8, 4) is 0 Å². The quantitative estimate of drug-likeness (QED) is 0.727. The number of fused-ring (bicyclic) bond motifs is 1. The zero-order valence-electron chi connectivity index (χ0n) is 8.67. The first-order valence-corrected chi connectivity index (χ1v) is 5.38. The largest absolute Gasteiger partial charge is 0.330 e. The Morgan fingerprint density at radius 2 is 1.62 bits per heavy atom. The highest BCUT2D eigenvalue weighted by atomic mass is 16.2. The van der Waals surface area contributed by atoms with Gasteiger partial charge in [0.15, 0.2) is 0 Å². The smallest absolute Gasteiger partial charge is 0.238 e. The van der Waals surface area contributed by atoms with Crippen molar-refractivity contribution in [1.29, 1.82) is 0 Å². The minimum absolute atomic E-state index is 0.0833. The van der Waals surface area contributed by atoms with Crippen LogP contribution >= 0.6 is 0 Å². The number of piperidine rings is 1. The molecule has 2 fully saturated rings. The van der Waals surface area contributed by atoms with Crippen LogP contribution in [0.1, 0.15) is 0 Å². The predicted molar refractivity (Wildman–Crippen MR) is 58.5 cm³/mol. The van der Waals surface area contributed by atoms with Crippen LogP contribution in [0.15, 0.2) is 30.3 Å². The van der Waals surface area contributed by atoms with Crippen molar-refractivity contribution in [1.82, 2.24) is 0 Å². The maximum atomic E-state index is 12.0. The number of carbonyl (C=O) groups excluding carboxylic acids is 2. The fourth-order valence-electron chi connectivity index (χ4n) is 2.58. The number of anilines is 1. The van der Waals surface area contributed by atoms with Crippen LogP contribution in [0, 0.1) is 17.8 Å². The van der Waals surface area contributed by atoms with Crippen molar-refractivity contribution < 1.29 is 9.59 Å². The van der Waals surface area contributed by atoms with Crippen LogP contribution in [0.25, 0.3) is 0 Å². The van der Waals surface area contributed by atoms with Gasteiger partial charge in [0.25, 0.3) is 0 Å². The first-order valence-electron chi connectivity index (χ1n) is 5.38. The number of rotatable bonds is 2. The highest BCUT2D eigenvalue weighted by Gasteiger charge is 2.66. The summed E-state index contributed by atoms with van der Waals surface area (Å²) in [4.78, 5) is 25.2. The lowest BCUT2D eigenvalue weighted by Gasteiger charge is -2.17. The lowest BCUT2D eigenvalue weighted by atomic mass is 10.2. The van der Waals surface area contributed by atoms with E-state index in [4.69, 9.17) is 5.73 Å². The van der Waals surface area contributed by atoms with Gasteiger partial charge in [0, 0.05) is 0 Å². The molecule has 2 N–H and O–H groups in total. The number of amides is 2. The Labute approximate surface area is 93.0 Å². The minimum atomic E-state index is -0.155. The average molecular weight is 216 g/mol. The molecule has 1 aliphatic heterocycles. The molecule has 1 heterocycles. The number of hydrogen-bond acceptors (Lipinski definition) is 3. The molecule has 0 spiro atoms. The van der Waals surface area contributed by atoms with E-state index in [-0.39, 0.29) is 29.6 Å². The monoisotopic (exact) mass is 216 g/mol. The van der Waals surface area contributed by atoms with Crippen molar-refractivity contribution in [3.05, 3.63) is 30.3 Å². The Hall–Kier alpha value is -1.68. The van der Waals surface area contributed by atoms with Gasteiger partial charge < -0.3 is 5.73 Å². The van der Waals surface area contributed by atoms with Gasteiger partial charge in [-0.15, -0.1) is 0 Å². The zero-order chi connectivity index (χ0) is 11.3. The molecule has 1 saturated heterocycles. The Balaban J connectivity index is 1.91. The van der Waals surface area contributed by atoms with Gasteiger partial charge in [-0.05, 0) is 24.6 Å². The molecule has 2 atom stereocenters. The minimum Gasteiger partial charge on any atom is -0.330 e. The van der Waals surface area contributed by atoms with Crippen LogP contribution in [0.5, 0.6) is 0 Å².